The summed E-state index contributed by atoms with van der Waals surface area (Å²) in [7, 11) is 3.57. The second-order valence-corrected chi connectivity index (χ2v) is 9.42. The van der Waals surface area contributed by atoms with Gasteiger partial charge in [-0.25, -0.2) is 4.68 Å². The van der Waals surface area contributed by atoms with Crippen LogP contribution in [0.4, 0.5) is 24.7 Å². The molecular formula is C25H29F3N6O2. The number of carbonyl (C=O) groups excluding carboxylic acids is 1. The summed E-state index contributed by atoms with van der Waals surface area (Å²) >= 11 is 0. The molecule has 11 heteroatoms. The van der Waals surface area contributed by atoms with Gasteiger partial charge in [0.2, 0.25) is 5.91 Å². The summed E-state index contributed by atoms with van der Waals surface area (Å²) in [6, 6.07) is 4.67. The zero-order valence-electron chi connectivity index (χ0n) is 20.6. The van der Waals surface area contributed by atoms with Crippen LogP contribution in [0.15, 0.2) is 35.3 Å². The predicted molar refractivity (Wildman–Crippen MR) is 132 cm³/mol. The van der Waals surface area contributed by atoms with E-state index >= 15 is 0 Å². The molecule has 0 spiro atoms. The number of likely N-dealkylation sites (N-methyl/N-ethyl adjacent to an activating group) is 1. The molecule has 0 bridgehead atoms. The van der Waals surface area contributed by atoms with Crippen LogP contribution >= 0.6 is 0 Å². The number of hydrogen-bond acceptors (Lipinski definition) is 6. The van der Waals surface area contributed by atoms with E-state index in [9.17, 15) is 22.8 Å². The molecule has 1 aliphatic rings. The van der Waals surface area contributed by atoms with Crippen molar-refractivity contribution in [3.63, 3.8) is 0 Å². The summed E-state index contributed by atoms with van der Waals surface area (Å²) in [6.45, 7) is 4.81. The Labute approximate surface area is 206 Å². The number of halogens is 3. The van der Waals surface area contributed by atoms with Crippen LogP contribution in [0.2, 0.25) is 0 Å². The number of pyridine rings is 1. The summed E-state index contributed by atoms with van der Waals surface area (Å²) in [5.41, 5.74) is 0.0261. The van der Waals surface area contributed by atoms with Gasteiger partial charge >= 0.3 is 6.18 Å². The van der Waals surface area contributed by atoms with Gasteiger partial charge in [0.1, 0.15) is 0 Å². The minimum absolute atomic E-state index is 0.0483. The highest BCUT2D eigenvalue weighted by Gasteiger charge is 2.32. The SMILES string of the molecule is CC(=O)Nc1cc([C@@H](C)Nc2nn(C)c(=O)c3cnc(C4CCCN(C)C4)cc23)cc(C(F)(F)F)c1. The number of piperidine rings is 1. The molecule has 0 aliphatic carbocycles. The van der Waals surface area contributed by atoms with Gasteiger partial charge < -0.3 is 15.5 Å². The Morgan fingerprint density at radius 1 is 1.17 bits per heavy atom. The molecule has 36 heavy (non-hydrogen) atoms. The Kier molecular flexibility index (Phi) is 7.03. The van der Waals surface area contributed by atoms with Crippen LogP contribution in [-0.4, -0.2) is 45.7 Å². The van der Waals surface area contributed by atoms with Crippen LogP contribution in [0.3, 0.4) is 0 Å². The number of anilines is 2. The number of benzene rings is 1. The van der Waals surface area contributed by atoms with Gasteiger partial charge in [0.25, 0.3) is 5.56 Å². The Bertz CT molecular complexity index is 1350. The van der Waals surface area contributed by atoms with Crippen molar-refractivity contribution >= 4 is 28.2 Å². The van der Waals surface area contributed by atoms with Gasteiger partial charge in [-0.05, 0) is 63.2 Å². The van der Waals surface area contributed by atoms with E-state index in [0.717, 1.165) is 43.8 Å². The summed E-state index contributed by atoms with van der Waals surface area (Å²) < 4.78 is 41.8. The van der Waals surface area contributed by atoms with Crippen molar-refractivity contribution in [2.45, 2.75) is 44.8 Å². The number of fused-ring (bicyclic) bond motifs is 1. The monoisotopic (exact) mass is 502 g/mol. The van der Waals surface area contributed by atoms with Gasteiger partial charge in [-0.15, -0.1) is 0 Å². The minimum atomic E-state index is -4.59. The smallest absolute Gasteiger partial charge is 0.362 e. The van der Waals surface area contributed by atoms with Gasteiger partial charge in [-0.2, -0.15) is 18.3 Å². The third-order valence-corrected chi connectivity index (χ3v) is 6.45. The summed E-state index contributed by atoms with van der Waals surface area (Å²) in [5.74, 6) is 0.108. The topological polar surface area (TPSA) is 92.2 Å². The molecule has 3 heterocycles. The number of carbonyl (C=O) groups is 1. The fourth-order valence-corrected chi connectivity index (χ4v) is 4.63. The third-order valence-electron chi connectivity index (χ3n) is 6.45. The normalized spacial score (nSPS) is 17.7. The Morgan fingerprint density at radius 3 is 2.58 bits per heavy atom. The maximum atomic E-state index is 13.5. The average molecular weight is 503 g/mol. The maximum absolute atomic E-state index is 13.5. The number of aromatic nitrogens is 3. The average Bonchev–Trinajstić information content (AvgIpc) is 2.81. The maximum Gasteiger partial charge on any atom is 0.416 e. The second kappa shape index (κ2) is 9.88. The van der Waals surface area contributed by atoms with Crippen LogP contribution < -0.4 is 16.2 Å². The second-order valence-electron chi connectivity index (χ2n) is 9.42. The Morgan fingerprint density at radius 2 is 1.92 bits per heavy atom. The van der Waals surface area contributed by atoms with Gasteiger partial charge in [0.15, 0.2) is 5.82 Å². The molecule has 1 aromatic carbocycles. The molecule has 1 fully saturated rings. The molecule has 2 N–H and O–H groups in total. The first-order valence-corrected chi connectivity index (χ1v) is 11.7. The number of nitrogens with one attached hydrogen (secondary N) is 2. The lowest BCUT2D eigenvalue weighted by molar-refractivity contribution is -0.137. The number of likely N-dealkylation sites (tertiary alicyclic amines) is 1. The van der Waals surface area contributed by atoms with Crippen LogP contribution in [-0.2, 0) is 18.0 Å². The van der Waals surface area contributed by atoms with Crippen molar-refractivity contribution in [1.29, 1.82) is 0 Å². The van der Waals surface area contributed by atoms with Gasteiger partial charge in [0.05, 0.1) is 17.0 Å². The fourth-order valence-electron chi connectivity index (χ4n) is 4.63. The number of alkyl halides is 3. The van der Waals surface area contributed by atoms with Gasteiger partial charge in [-0.3, -0.25) is 14.6 Å². The zero-order valence-corrected chi connectivity index (χ0v) is 20.6. The molecule has 1 amide bonds. The van der Waals surface area contributed by atoms with Gasteiger partial charge in [-0.1, -0.05) is 0 Å². The molecule has 1 aliphatic heterocycles. The lowest BCUT2D eigenvalue weighted by Gasteiger charge is -2.29. The first-order valence-electron chi connectivity index (χ1n) is 11.7. The molecule has 1 saturated heterocycles. The largest absolute Gasteiger partial charge is 0.416 e. The molecule has 8 nitrogen and oxygen atoms in total. The van der Waals surface area contributed by atoms with E-state index in [0.29, 0.717) is 22.2 Å². The van der Waals surface area contributed by atoms with Crippen LogP contribution in [0.5, 0.6) is 0 Å². The van der Waals surface area contributed by atoms with Crippen LogP contribution in [0.1, 0.15) is 55.5 Å². The number of rotatable bonds is 5. The van der Waals surface area contributed by atoms with E-state index < -0.39 is 23.7 Å². The molecule has 3 aromatic rings. The summed E-state index contributed by atoms with van der Waals surface area (Å²) in [4.78, 5) is 31.0. The lowest BCUT2D eigenvalue weighted by Crippen LogP contribution is -2.31. The fraction of sp³-hybridized carbons (Fsp3) is 0.440. The molecule has 0 radical (unpaired) electrons. The molecular weight excluding hydrogens is 473 g/mol. The Hall–Kier alpha value is -3.47. The molecule has 0 saturated carbocycles. The van der Waals surface area contributed by atoms with Crippen molar-refractivity contribution in [3.05, 3.63) is 57.6 Å². The Balaban J connectivity index is 1.74. The molecule has 2 aromatic heterocycles. The van der Waals surface area contributed by atoms with Crippen LogP contribution in [0, 0.1) is 0 Å². The molecule has 1 unspecified atom stereocenters. The minimum Gasteiger partial charge on any atom is -0.362 e. The summed E-state index contributed by atoms with van der Waals surface area (Å²) in [5, 5.41) is 10.9. The number of hydrogen-bond donors (Lipinski definition) is 2. The highest BCUT2D eigenvalue weighted by Crippen LogP contribution is 2.35. The van der Waals surface area contributed by atoms with E-state index in [1.807, 2.05) is 6.07 Å². The van der Waals surface area contributed by atoms with E-state index in [1.165, 1.54) is 24.7 Å². The van der Waals surface area contributed by atoms with Gasteiger partial charge in [0, 0.05) is 49.4 Å². The standard InChI is InChI=1S/C25H29F3N6O2/c1-14(17-8-18(25(26,27)28)10-19(9-17)31-15(2)35)30-23-20-11-22(16-6-5-7-33(3)13-16)29-12-21(20)24(36)34(4)32-23/h8-12,14,16H,5-7,13H2,1-4H3,(H,30,32)(H,31,35)/t14-,16?/m1/s1. The quantitative estimate of drug-likeness (QED) is 0.541. The zero-order chi connectivity index (χ0) is 26.2. The van der Waals surface area contributed by atoms with Crippen molar-refractivity contribution < 1.29 is 18.0 Å². The van der Waals surface area contributed by atoms with E-state index in [2.05, 4.69) is 32.7 Å². The first kappa shape index (κ1) is 25.6. The lowest BCUT2D eigenvalue weighted by atomic mass is 9.94. The number of amides is 1. The number of nitrogens with zero attached hydrogens (tertiary/aromatic N) is 4. The van der Waals surface area contributed by atoms with E-state index in [-0.39, 0.29) is 17.2 Å². The van der Waals surface area contributed by atoms with Crippen molar-refractivity contribution in [1.82, 2.24) is 19.7 Å². The molecule has 2 atom stereocenters. The highest BCUT2D eigenvalue weighted by atomic mass is 19.4. The summed E-state index contributed by atoms with van der Waals surface area (Å²) in [6.07, 6.45) is -1.00. The van der Waals surface area contributed by atoms with Crippen molar-refractivity contribution in [2.75, 3.05) is 30.8 Å². The third kappa shape index (κ3) is 5.51. The molecule has 192 valence electrons. The van der Waals surface area contributed by atoms with E-state index in [1.54, 1.807) is 13.1 Å². The van der Waals surface area contributed by atoms with Crippen molar-refractivity contribution in [2.24, 2.45) is 7.05 Å². The molecule has 4 rings (SSSR count). The van der Waals surface area contributed by atoms with Crippen molar-refractivity contribution in [3.8, 4) is 0 Å². The highest BCUT2D eigenvalue weighted by molar-refractivity contribution is 5.91. The van der Waals surface area contributed by atoms with Crippen LogP contribution in [0.25, 0.3) is 10.8 Å². The number of aryl methyl sites for hydroxylation is 1. The first-order chi connectivity index (χ1) is 16.9. The predicted octanol–water partition coefficient (Wildman–Crippen LogP) is 4.29. The van der Waals surface area contributed by atoms with E-state index in [4.69, 9.17) is 0 Å².